The van der Waals surface area contributed by atoms with Gasteiger partial charge in [-0.25, -0.2) is 4.79 Å². The number of aryl methyl sites for hydroxylation is 1. The fraction of sp³-hybridized carbons (Fsp3) is 0.500. The Hall–Kier alpha value is -2.37. The number of carbonyl (C=O) groups excluding carboxylic acids is 1. The van der Waals surface area contributed by atoms with Crippen molar-refractivity contribution >= 4 is 11.7 Å². The number of hydrogen-bond acceptors (Lipinski definition) is 3. The highest BCUT2D eigenvalue weighted by Crippen LogP contribution is 2.32. The summed E-state index contributed by atoms with van der Waals surface area (Å²) in [5.74, 6) is 2.04. The molecule has 6 nitrogen and oxygen atoms in total. The molecule has 126 valence electrons. The predicted octanol–water partition coefficient (Wildman–Crippen LogP) is 3.37. The molecule has 2 amide bonds. The molecule has 0 bridgehead atoms. The van der Waals surface area contributed by atoms with Crippen molar-refractivity contribution in [3.63, 3.8) is 0 Å². The number of para-hydroxylation sites is 1. The molecular formula is C18H23N5O. The molecule has 0 radical (unpaired) electrons. The van der Waals surface area contributed by atoms with E-state index >= 15 is 0 Å². The Kier molecular flexibility index (Phi) is 4.19. The number of nitrogens with one attached hydrogen (secondary N) is 1. The summed E-state index contributed by atoms with van der Waals surface area (Å²) in [6.07, 6.45) is 6.47. The summed E-state index contributed by atoms with van der Waals surface area (Å²) < 4.78 is 2.24. The van der Waals surface area contributed by atoms with Crippen LogP contribution in [0.25, 0.3) is 0 Å². The first-order chi connectivity index (χ1) is 11.8. The lowest BCUT2D eigenvalue weighted by atomic mass is 10.0. The summed E-state index contributed by atoms with van der Waals surface area (Å²) in [4.78, 5) is 14.7. The van der Waals surface area contributed by atoms with Crippen molar-refractivity contribution < 1.29 is 4.79 Å². The predicted molar refractivity (Wildman–Crippen MR) is 91.7 cm³/mol. The van der Waals surface area contributed by atoms with Gasteiger partial charge in [0.05, 0.1) is 6.04 Å². The second-order valence-electron chi connectivity index (χ2n) is 6.58. The van der Waals surface area contributed by atoms with Crippen molar-refractivity contribution in [3.8, 4) is 0 Å². The van der Waals surface area contributed by atoms with Gasteiger partial charge in [-0.05, 0) is 44.2 Å². The number of benzene rings is 1. The van der Waals surface area contributed by atoms with Crippen molar-refractivity contribution in [2.75, 3.05) is 11.9 Å². The largest absolute Gasteiger partial charge is 0.322 e. The van der Waals surface area contributed by atoms with Gasteiger partial charge in [0, 0.05) is 25.2 Å². The lowest BCUT2D eigenvalue weighted by molar-refractivity contribution is 0.156. The number of nitrogens with zero attached hydrogens (tertiary/aromatic N) is 4. The molecule has 1 N–H and O–H groups in total. The third-order valence-corrected chi connectivity index (χ3v) is 4.97. The summed E-state index contributed by atoms with van der Waals surface area (Å²) in [6, 6.07) is 9.62. The first-order valence-electron chi connectivity index (χ1n) is 8.87. The Morgan fingerprint density at radius 1 is 1.04 bits per heavy atom. The summed E-state index contributed by atoms with van der Waals surface area (Å²) in [6.45, 7) is 1.74. The van der Waals surface area contributed by atoms with E-state index in [-0.39, 0.29) is 12.1 Å². The molecule has 0 aliphatic carbocycles. The number of urea groups is 1. The lowest BCUT2D eigenvalue weighted by Crippen LogP contribution is -2.42. The molecular weight excluding hydrogens is 302 g/mol. The van der Waals surface area contributed by atoms with Crippen LogP contribution in [0.1, 0.15) is 49.8 Å². The molecule has 1 aromatic heterocycles. The van der Waals surface area contributed by atoms with Crippen LogP contribution in [0, 0.1) is 0 Å². The minimum absolute atomic E-state index is 0.0295. The normalized spacial score (nSPS) is 20.5. The molecule has 2 aromatic rings. The molecule has 0 spiro atoms. The molecule has 3 heterocycles. The van der Waals surface area contributed by atoms with Crippen LogP contribution in [0.5, 0.6) is 0 Å². The number of piperidine rings is 1. The topological polar surface area (TPSA) is 63.1 Å². The molecule has 2 aliphatic rings. The van der Waals surface area contributed by atoms with Crippen molar-refractivity contribution in [3.05, 3.63) is 42.0 Å². The number of amides is 2. The van der Waals surface area contributed by atoms with Gasteiger partial charge >= 0.3 is 6.03 Å². The number of fused-ring (bicyclic) bond motifs is 1. The zero-order valence-electron chi connectivity index (χ0n) is 13.8. The van der Waals surface area contributed by atoms with Crippen LogP contribution in [-0.4, -0.2) is 32.2 Å². The number of rotatable bonds is 2. The highest BCUT2D eigenvalue weighted by atomic mass is 16.2. The van der Waals surface area contributed by atoms with E-state index in [1.807, 2.05) is 35.2 Å². The molecule has 0 saturated carbocycles. The fourth-order valence-corrected chi connectivity index (χ4v) is 3.74. The number of carbonyl (C=O) groups is 1. The van der Waals surface area contributed by atoms with E-state index in [1.54, 1.807) is 0 Å². The van der Waals surface area contributed by atoms with E-state index in [0.29, 0.717) is 0 Å². The van der Waals surface area contributed by atoms with Crippen molar-refractivity contribution in [1.29, 1.82) is 0 Å². The Morgan fingerprint density at radius 3 is 2.75 bits per heavy atom. The van der Waals surface area contributed by atoms with Crippen LogP contribution in [0.15, 0.2) is 30.3 Å². The lowest BCUT2D eigenvalue weighted by Gasteiger charge is -2.35. The molecule has 1 saturated heterocycles. The molecule has 24 heavy (non-hydrogen) atoms. The fourth-order valence-electron chi connectivity index (χ4n) is 3.74. The zero-order chi connectivity index (χ0) is 16.4. The van der Waals surface area contributed by atoms with E-state index < -0.39 is 0 Å². The highest BCUT2D eigenvalue weighted by Gasteiger charge is 2.33. The molecule has 1 fully saturated rings. The maximum Gasteiger partial charge on any atom is 0.322 e. The van der Waals surface area contributed by atoms with Crippen LogP contribution < -0.4 is 5.32 Å². The Bertz CT molecular complexity index is 711. The van der Waals surface area contributed by atoms with Crippen LogP contribution >= 0.6 is 0 Å². The summed E-state index contributed by atoms with van der Waals surface area (Å²) in [5, 5.41) is 11.8. The van der Waals surface area contributed by atoms with E-state index in [1.165, 1.54) is 12.8 Å². The van der Waals surface area contributed by atoms with Gasteiger partial charge in [-0.2, -0.15) is 0 Å². The van der Waals surface area contributed by atoms with Gasteiger partial charge < -0.3 is 14.8 Å². The first-order valence-corrected chi connectivity index (χ1v) is 8.87. The van der Waals surface area contributed by atoms with Gasteiger partial charge in [0.15, 0.2) is 5.82 Å². The molecule has 4 rings (SSSR count). The number of likely N-dealkylation sites (tertiary alicyclic amines) is 1. The molecule has 2 aliphatic heterocycles. The van der Waals surface area contributed by atoms with Crippen molar-refractivity contribution in [2.24, 2.45) is 0 Å². The van der Waals surface area contributed by atoms with Crippen molar-refractivity contribution in [2.45, 2.75) is 51.1 Å². The molecule has 1 aromatic carbocycles. The highest BCUT2D eigenvalue weighted by molar-refractivity contribution is 5.89. The summed E-state index contributed by atoms with van der Waals surface area (Å²) >= 11 is 0. The monoisotopic (exact) mass is 325 g/mol. The van der Waals surface area contributed by atoms with Gasteiger partial charge in [-0.3, -0.25) is 0 Å². The number of aromatic nitrogens is 3. The third kappa shape index (κ3) is 2.88. The van der Waals surface area contributed by atoms with Gasteiger partial charge in [0.25, 0.3) is 0 Å². The number of anilines is 1. The minimum Gasteiger partial charge on any atom is -0.314 e. The molecule has 6 heteroatoms. The van der Waals surface area contributed by atoms with Gasteiger partial charge in [0.2, 0.25) is 0 Å². The zero-order valence-corrected chi connectivity index (χ0v) is 13.8. The van der Waals surface area contributed by atoms with Crippen LogP contribution in [0.2, 0.25) is 0 Å². The Morgan fingerprint density at radius 2 is 1.88 bits per heavy atom. The van der Waals surface area contributed by atoms with E-state index in [2.05, 4.69) is 20.1 Å². The SMILES string of the molecule is O=C(Nc1ccccc1)N1CCCC[C@H]1c1nnc2n1CCCC2. The number of hydrogen-bond donors (Lipinski definition) is 1. The average Bonchev–Trinajstić information content (AvgIpc) is 3.06. The van der Waals surface area contributed by atoms with Gasteiger partial charge in [0.1, 0.15) is 5.82 Å². The maximum absolute atomic E-state index is 12.8. The van der Waals surface area contributed by atoms with E-state index in [0.717, 1.165) is 56.1 Å². The molecule has 1 atom stereocenters. The van der Waals surface area contributed by atoms with Gasteiger partial charge in [-0.1, -0.05) is 18.2 Å². The molecule has 0 unspecified atom stereocenters. The maximum atomic E-state index is 12.8. The van der Waals surface area contributed by atoms with Crippen LogP contribution in [-0.2, 0) is 13.0 Å². The van der Waals surface area contributed by atoms with E-state index in [4.69, 9.17) is 0 Å². The first kappa shape index (κ1) is 15.2. The average molecular weight is 325 g/mol. The van der Waals surface area contributed by atoms with Crippen molar-refractivity contribution in [1.82, 2.24) is 19.7 Å². The standard InChI is InChI=1S/C18H23N5O/c24-18(19-14-8-2-1-3-9-14)22-12-6-4-10-15(22)17-21-20-16-11-5-7-13-23(16)17/h1-3,8-9,15H,4-7,10-13H2,(H,19,24)/t15-/m0/s1. The Balaban J connectivity index is 1.57. The third-order valence-electron chi connectivity index (χ3n) is 4.97. The smallest absolute Gasteiger partial charge is 0.314 e. The second-order valence-corrected chi connectivity index (χ2v) is 6.58. The summed E-state index contributed by atoms with van der Waals surface area (Å²) in [5.41, 5.74) is 0.829. The Labute approximate surface area is 141 Å². The van der Waals surface area contributed by atoms with Gasteiger partial charge in [-0.15, -0.1) is 10.2 Å². The minimum atomic E-state index is -0.0425. The second kappa shape index (κ2) is 6.63. The van der Waals surface area contributed by atoms with Crippen LogP contribution in [0.4, 0.5) is 10.5 Å². The van der Waals surface area contributed by atoms with Crippen LogP contribution in [0.3, 0.4) is 0 Å². The quantitative estimate of drug-likeness (QED) is 0.921. The summed E-state index contributed by atoms with van der Waals surface area (Å²) in [7, 11) is 0. The van der Waals surface area contributed by atoms with E-state index in [9.17, 15) is 4.79 Å².